The van der Waals surface area contributed by atoms with Gasteiger partial charge in [0, 0.05) is 12.7 Å². The Morgan fingerprint density at radius 2 is 1.85 bits per heavy atom. The number of hydrogen-bond donors (Lipinski definition) is 1. The Bertz CT molecular complexity index is 411. The van der Waals surface area contributed by atoms with Crippen LogP contribution in [0, 0.1) is 11.6 Å². The Balaban J connectivity index is 3.27. The first-order valence-electron chi connectivity index (χ1n) is 7.28. The van der Waals surface area contributed by atoms with Crippen molar-refractivity contribution < 1.29 is 13.5 Å². The van der Waals surface area contributed by atoms with E-state index in [1.165, 1.54) is 0 Å². The van der Waals surface area contributed by atoms with Crippen LogP contribution in [0.5, 0.6) is 0 Å². The highest BCUT2D eigenvalue weighted by atomic mass is 19.2. The van der Waals surface area contributed by atoms with Crippen molar-refractivity contribution in [2.24, 2.45) is 0 Å². The first kappa shape index (κ1) is 17.1. The molecule has 1 unspecified atom stereocenters. The molecule has 0 spiro atoms. The minimum absolute atomic E-state index is 0.337. The van der Waals surface area contributed by atoms with Gasteiger partial charge in [-0.25, -0.2) is 8.78 Å². The first-order valence-corrected chi connectivity index (χ1v) is 7.28. The second-order valence-corrected chi connectivity index (χ2v) is 5.01. The van der Waals surface area contributed by atoms with Crippen LogP contribution in [0.4, 0.5) is 8.78 Å². The molecule has 0 heterocycles. The molecule has 1 rings (SSSR count). The van der Waals surface area contributed by atoms with Gasteiger partial charge in [0.1, 0.15) is 0 Å². The van der Waals surface area contributed by atoms with Gasteiger partial charge in [0.15, 0.2) is 11.6 Å². The molecule has 114 valence electrons. The van der Waals surface area contributed by atoms with Crippen molar-refractivity contribution in [1.82, 2.24) is 5.32 Å². The second kappa shape index (κ2) is 7.70. The standard InChI is InChI=1S/C16H25F2NO/c1-5-11-19-15(16(6-2,7-3)20-4)12-9-8-10-13(17)14(12)18/h8-10,15,19H,5-7,11H2,1-4H3. The van der Waals surface area contributed by atoms with E-state index >= 15 is 0 Å². The van der Waals surface area contributed by atoms with Gasteiger partial charge in [-0.15, -0.1) is 0 Å². The monoisotopic (exact) mass is 285 g/mol. The molecule has 0 saturated carbocycles. The number of halogens is 2. The average Bonchev–Trinajstić information content (AvgIpc) is 2.47. The van der Waals surface area contributed by atoms with Gasteiger partial charge in [-0.3, -0.25) is 0 Å². The Morgan fingerprint density at radius 3 is 2.35 bits per heavy atom. The normalized spacial score (nSPS) is 13.5. The molecule has 0 saturated heterocycles. The Morgan fingerprint density at radius 1 is 1.20 bits per heavy atom. The van der Waals surface area contributed by atoms with Crippen molar-refractivity contribution in [2.45, 2.75) is 51.7 Å². The zero-order chi connectivity index (χ0) is 15.2. The summed E-state index contributed by atoms with van der Waals surface area (Å²) in [6.45, 7) is 6.78. The van der Waals surface area contributed by atoms with Gasteiger partial charge in [0.05, 0.1) is 11.6 Å². The Labute approximate surface area is 120 Å². The molecule has 0 fully saturated rings. The predicted molar refractivity (Wildman–Crippen MR) is 77.7 cm³/mol. The van der Waals surface area contributed by atoms with Gasteiger partial charge in [0.2, 0.25) is 0 Å². The lowest BCUT2D eigenvalue weighted by atomic mass is 9.83. The van der Waals surface area contributed by atoms with Crippen molar-refractivity contribution in [2.75, 3.05) is 13.7 Å². The van der Waals surface area contributed by atoms with Crippen molar-refractivity contribution in [3.63, 3.8) is 0 Å². The highest BCUT2D eigenvalue weighted by molar-refractivity contribution is 5.25. The van der Waals surface area contributed by atoms with Crippen molar-refractivity contribution in [3.05, 3.63) is 35.4 Å². The Kier molecular flexibility index (Phi) is 6.56. The van der Waals surface area contributed by atoms with E-state index in [2.05, 4.69) is 5.32 Å². The van der Waals surface area contributed by atoms with E-state index in [0.717, 1.165) is 31.9 Å². The molecule has 0 aliphatic heterocycles. The molecule has 0 aromatic heterocycles. The van der Waals surface area contributed by atoms with Crippen LogP contribution in [0.3, 0.4) is 0 Å². The third-order valence-electron chi connectivity index (χ3n) is 4.02. The SMILES string of the molecule is CCCNC(c1cccc(F)c1F)C(CC)(CC)OC. The van der Waals surface area contributed by atoms with E-state index in [9.17, 15) is 8.78 Å². The largest absolute Gasteiger partial charge is 0.376 e. The fourth-order valence-corrected chi connectivity index (χ4v) is 2.68. The van der Waals surface area contributed by atoms with Crippen LogP contribution in [0.1, 0.15) is 51.6 Å². The van der Waals surface area contributed by atoms with Gasteiger partial charge >= 0.3 is 0 Å². The van der Waals surface area contributed by atoms with Crippen molar-refractivity contribution >= 4 is 0 Å². The zero-order valence-corrected chi connectivity index (χ0v) is 12.8. The smallest absolute Gasteiger partial charge is 0.163 e. The maximum atomic E-state index is 14.1. The third kappa shape index (κ3) is 3.36. The Hall–Kier alpha value is -1.00. The topological polar surface area (TPSA) is 21.3 Å². The van der Waals surface area contributed by atoms with Crippen LogP contribution in [0.2, 0.25) is 0 Å². The summed E-state index contributed by atoms with van der Waals surface area (Å²) in [5.41, 5.74) is -0.201. The molecule has 4 heteroatoms. The second-order valence-electron chi connectivity index (χ2n) is 5.01. The lowest BCUT2D eigenvalue weighted by molar-refractivity contribution is -0.0494. The lowest BCUT2D eigenvalue weighted by Gasteiger charge is -2.39. The molecule has 0 radical (unpaired) electrons. The molecule has 0 bridgehead atoms. The first-order chi connectivity index (χ1) is 9.56. The molecule has 0 aliphatic rings. The fraction of sp³-hybridized carbons (Fsp3) is 0.625. The van der Waals surface area contributed by atoms with Gasteiger partial charge in [-0.1, -0.05) is 32.9 Å². The molecule has 0 aliphatic carbocycles. The highest BCUT2D eigenvalue weighted by Gasteiger charge is 2.38. The molecule has 1 N–H and O–H groups in total. The third-order valence-corrected chi connectivity index (χ3v) is 4.02. The summed E-state index contributed by atoms with van der Waals surface area (Å²) in [5.74, 6) is -1.60. The van der Waals surface area contributed by atoms with Crippen molar-refractivity contribution in [3.8, 4) is 0 Å². The number of nitrogens with one attached hydrogen (secondary N) is 1. The zero-order valence-electron chi connectivity index (χ0n) is 12.8. The summed E-state index contributed by atoms with van der Waals surface area (Å²) in [6.07, 6.45) is 2.36. The molecule has 1 atom stereocenters. The van der Waals surface area contributed by atoms with E-state index < -0.39 is 17.2 Å². The summed E-state index contributed by atoms with van der Waals surface area (Å²) < 4.78 is 33.4. The van der Waals surface area contributed by atoms with Gasteiger partial charge in [-0.05, 0) is 31.9 Å². The minimum Gasteiger partial charge on any atom is -0.376 e. The van der Waals surface area contributed by atoms with Crippen LogP contribution in [-0.4, -0.2) is 19.3 Å². The fourth-order valence-electron chi connectivity index (χ4n) is 2.68. The van der Waals surface area contributed by atoms with Crippen LogP contribution < -0.4 is 5.32 Å². The summed E-state index contributed by atoms with van der Waals surface area (Å²) in [5, 5.41) is 3.32. The van der Waals surface area contributed by atoms with E-state index in [1.54, 1.807) is 19.2 Å². The maximum Gasteiger partial charge on any atom is 0.163 e. The number of rotatable bonds is 8. The maximum absolute atomic E-state index is 14.1. The number of methoxy groups -OCH3 is 1. The van der Waals surface area contributed by atoms with Gasteiger partial charge in [0.25, 0.3) is 0 Å². The lowest BCUT2D eigenvalue weighted by Crippen LogP contribution is -2.45. The van der Waals surface area contributed by atoms with E-state index in [4.69, 9.17) is 4.74 Å². The molecule has 2 nitrogen and oxygen atoms in total. The molecular formula is C16H25F2NO. The number of benzene rings is 1. The number of hydrogen-bond acceptors (Lipinski definition) is 2. The van der Waals surface area contributed by atoms with Gasteiger partial charge < -0.3 is 10.1 Å². The molecule has 0 amide bonds. The molecule has 1 aromatic carbocycles. The van der Waals surface area contributed by atoms with Crippen LogP contribution in [0.15, 0.2) is 18.2 Å². The van der Waals surface area contributed by atoms with Crippen LogP contribution >= 0.6 is 0 Å². The molecular weight excluding hydrogens is 260 g/mol. The molecule has 1 aromatic rings. The average molecular weight is 285 g/mol. The number of ether oxygens (including phenoxy) is 1. The predicted octanol–water partition coefficient (Wildman–Crippen LogP) is 4.21. The van der Waals surface area contributed by atoms with E-state index in [1.807, 2.05) is 20.8 Å². The summed E-state index contributed by atoms with van der Waals surface area (Å²) in [7, 11) is 1.63. The summed E-state index contributed by atoms with van der Waals surface area (Å²) in [6, 6.07) is 3.95. The highest BCUT2D eigenvalue weighted by Crippen LogP contribution is 2.36. The van der Waals surface area contributed by atoms with E-state index in [0.29, 0.717) is 5.56 Å². The van der Waals surface area contributed by atoms with Crippen molar-refractivity contribution in [1.29, 1.82) is 0 Å². The van der Waals surface area contributed by atoms with Crippen LogP contribution in [0.25, 0.3) is 0 Å². The molecule has 20 heavy (non-hydrogen) atoms. The minimum atomic E-state index is -0.817. The van der Waals surface area contributed by atoms with E-state index in [-0.39, 0.29) is 6.04 Å². The van der Waals surface area contributed by atoms with Crippen LogP contribution in [-0.2, 0) is 4.74 Å². The summed E-state index contributed by atoms with van der Waals surface area (Å²) in [4.78, 5) is 0. The van der Waals surface area contributed by atoms with Gasteiger partial charge in [-0.2, -0.15) is 0 Å². The quantitative estimate of drug-likeness (QED) is 0.772. The summed E-state index contributed by atoms with van der Waals surface area (Å²) >= 11 is 0.